The second kappa shape index (κ2) is 14.1. The van der Waals surface area contributed by atoms with Crippen molar-refractivity contribution in [2.24, 2.45) is 5.16 Å². The Balaban J connectivity index is 0.000000587. The largest absolute Gasteiger partial charge is 0.497 e. The molecule has 1 amide bonds. The van der Waals surface area contributed by atoms with Gasteiger partial charge < -0.3 is 29.8 Å². The molecule has 218 valence electrons. The number of nitrogens with zero attached hydrogens (tertiary/aromatic N) is 3. The molecule has 11 nitrogen and oxygen atoms in total. The average Bonchev–Trinajstić information content (AvgIpc) is 3.45. The van der Waals surface area contributed by atoms with Crippen LogP contribution >= 0.6 is 0 Å². The Kier molecular flexibility index (Phi) is 10.6. The zero-order valence-corrected chi connectivity index (χ0v) is 22.0. The van der Waals surface area contributed by atoms with E-state index in [0.29, 0.717) is 30.2 Å². The van der Waals surface area contributed by atoms with E-state index in [1.54, 1.807) is 20.1 Å². The van der Waals surface area contributed by atoms with Crippen LogP contribution in [-0.2, 0) is 16.2 Å². The minimum absolute atomic E-state index is 0.0379. The number of amides is 1. The number of carboxylic acid groups (broad SMARTS) is 1. The number of rotatable bonds is 9. The van der Waals surface area contributed by atoms with Crippen LogP contribution in [0.2, 0.25) is 0 Å². The number of carboxylic acids is 1. The zero-order valence-electron chi connectivity index (χ0n) is 22.0. The van der Waals surface area contributed by atoms with E-state index in [4.69, 9.17) is 29.3 Å². The van der Waals surface area contributed by atoms with Crippen molar-refractivity contribution in [3.8, 4) is 11.5 Å². The molecule has 3 aromatic rings. The van der Waals surface area contributed by atoms with E-state index in [2.05, 4.69) is 20.4 Å². The van der Waals surface area contributed by atoms with Gasteiger partial charge in [0.05, 0.1) is 25.1 Å². The molecule has 0 saturated heterocycles. The third-order valence-electron chi connectivity index (χ3n) is 5.49. The quantitative estimate of drug-likeness (QED) is 0.347. The summed E-state index contributed by atoms with van der Waals surface area (Å²) in [4.78, 5) is 36.0. The Hall–Kier alpha value is -4.72. The van der Waals surface area contributed by atoms with Gasteiger partial charge in [-0.15, -0.1) is 0 Å². The first-order valence-corrected chi connectivity index (χ1v) is 12.1. The van der Waals surface area contributed by atoms with Gasteiger partial charge in [0.2, 0.25) is 0 Å². The fraction of sp³-hybridized carbons (Fsp3) is 0.296. The van der Waals surface area contributed by atoms with Crippen molar-refractivity contribution in [1.29, 1.82) is 0 Å². The summed E-state index contributed by atoms with van der Waals surface area (Å²) in [7, 11) is 1.61. The van der Waals surface area contributed by atoms with Gasteiger partial charge in [-0.3, -0.25) is 4.79 Å². The van der Waals surface area contributed by atoms with E-state index in [9.17, 15) is 18.0 Å². The number of aliphatic hydroxyl groups excluding tert-OH is 1. The number of aliphatic hydroxyl groups is 1. The fourth-order valence-corrected chi connectivity index (χ4v) is 3.50. The molecule has 1 aliphatic rings. The summed E-state index contributed by atoms with van der Waals surface area (Å²) in [6.45, 7) is 2.32. The van der Waals surface area contributed by atoms with Crippen LogP contribution in [0.3, 0.4) is 0 Å². The number of carbonyl (C=O) groups excluding carboxylic acids is 1. The lowest BCUT2D eigenvalue weighted by molar-refractivity contribution is -0.192. The molecule has 4 rings (SSSR count). The third kappa shape index (κ3) is 9.17. The summed E-state index contributed by atoms with van der Waals surface area (Å²) in [6, 6.07) is 16.5. The highest BCUT2D eigenvalue weighted by molar-refractivity contribution is 6.01. The predicted molar refractivity (Wildman–Crippen MR) is 139 cm³/mol. The molecule has 2 heterocycles. The van der Waals surface area contributed by atoms with Crippen molar-refractivity contribution in [1.82, 2.24) is 15.3 Å². The molecule has 0 fully saturated rings. The Morgan fingerprint density at radius 3 is 2.29 bits per heavy atom. The molecular weight excluding hydrogens is 549 g/mol. The first-order chi connectivity index (χ1) is 19.5. The van der Waals surface area contributed by atoms with Gasteiger partial charge in [0.25, 0.3) is 5.91 Å². The highest BCUT2D eigenvalue weighted by Crippen LogP contribution is 2.29. The van der Waals surface area contributed by atoms with Crippen molar-refractivity contribution in [3.63, 3.8) is 0 Å². The van der Waals surface area contributed by atoms with E-state index < -0.39 is 18.2 Å². The van der Waals surface area contributed by atoms with Crippen LogP contribution in [0.5, 0.6) is 11.5 Å². The van der Waals surface area contributed by atoms with Crippen molar-refractivity contribution >= 4 is 17.6 Å². The number of aromatic nitrogens is 2. The molecule has 2 aromatic carbocycles. The molecular formula is C27H27F3N4O7. The molecule has 0 saturated carbocycles. The molecule has 1 aliphatic heterocycles. The number of oxime groups is 1. The zero-order chi connectivity index (χ0) is 30.0. The number of nitrogens with one attached hydrogen (secondary N) is 1. The second-order valence-electron chi connectivity index (χ2n) is 8.49. The van der Waals surface area contributed by atoms with Crippen LogP contribution < -0.4 is 14.8 Å². The van der Waals surface area contributed by atoms with Crippen LogP contribution in [0.15, 0.2) is 59.8 Å². The Morgan fingerprint density at radius 2 is 1.71 bits per heavy atom. The lowest BCUT2D eigenvalue weighted by atomic mass is 10.0. The maximum atomic E-state index is 12.7. The van der Waals surface area contributed by atoms with Crippen molar-refractivity contribution in [2.75, 3.05) is 20.3 Å². The van der Waals surface area contributed by atoms with Gasteiger partial charge in [0.15, 0.2) is 6.10 Å². The monoisotopic (exact) mass is 576 g/mol. The second-order valence-corrected chi connectivity index (χ2v) is 8.49. The van der Waals surface area contributed by atoms with E-state index in [-0.39, 0.29) is 24.8 Å². The first kappa shape index (κ1) is 30.8. The number of methoxy groups -OCH3 is 1. The number of hydrogen-bond donors (Lipinski definition) is 3. The summed E-state index contributed by atoms with van der Waals surface area (Å²) in [5.41, 5.74) is 3.51. The molecule has 0 radical (unpaired) electrons. The summed E-state index contributed by atoms with van der Waals surface area (Å²) < 4.78 is 42.3. The number of halogens is 3. The van der Waals surface area contributed by atoms with Gasteiger partial charge >= 0.3 is 12.1 Å². The van der Waals surface area contributed by atoms with E-state index in [1.807, 2.05) is 48.5 Å². The van der Waals surface area contributed by atoms with Crippen LogP contribution in [-0.4, -0.2) is 64.3 Å². The molecule has 0 spiro atoms. The normalized spacial score (nSPS) is 14.2. The minimum atomic E-state index is -5.08. The van der Waals surface area contributed by atoms with Gasteiger partial charge in [-0.25, -0.2) is 14.8 Å². The molecule has 1 unspecified atom stereocenters. The molecule has 3 N–H and O–H groups in total. The number of hydrogen-bond acceptors (Lipinski definition) is 9. The molecule has 14 heteroatoms. The van der Waals surface area contributed by atoms with Gasteiger partial charge in [0, 0.05) is 13.0 Å². The first-order valence-electron chi connectivity index (χ1n) is 12.1. The van der Waals surface area contributed by atoms with Crippen molar-refractivity contribution in [2.45, 2.75) is 32.2 Å². The predicted octanol–water partition coefficient (Wildman–Crippen LogP) is 3.59. The highest BCUT2D eigenvalue weighted by atomic mass is 19.4. The Labute approximate surface area is 232 Å². The third-order valence-corrected chi connectivity index (χ3v) is 5.49. The standard InChI is InChI=1S/C25H26N4O5.C2HF3O2/c1-16-27-22(13-23(28-16)25(31)26-15-17-3-7-19(32-2)8-4-17)24-14-21(29-34-24)18-5-9-20(10-6-18)33-12-11-30;3-2(4,5)1(6)7/h3-10,13,24,30H,11-12,14-15H2,1-2H3,(H,26,31);(H,6,7). The van der Waals surface area contributed by atoms with Crippen LogP contribution in [0.25, 0.3) is 0 Å². The SMILES string of the molecule is COc1ccc(CNC(=O)c2cc(C3CC(c4ccc(OCCO)cc4)=NO3)nc(C)n2)cc1.O=C(O)C(F)(F)F. The van der Waals surface area contributed by atoms with Crippen molar-refractivity contribution in [3.05, 3.63) is 82.9 Å². The van der Waals surface area contributed by atoms with Crippen LogP contribution in [0.4, 0.5) is 13.2 Å². The number of aryl methyl sites for hydroxylation is 1. The number of aliphatic carboxylic acids is 1. The van der Waals surface area contributed by atoms with Crippen LogP contribution in [0, 0.1) is 6.92 Å². The van der Waals surface area contributed by atoms with Gasteiger partial charge in [-0.2, -0.15) is 13.2 Å². The molecule has 1 atom stereocenters. The minimum Gasteiger partial charge on any atom is -0.497 e. The molecule has 0 aliphatic carbocycles. The molecule has 41 heavy (non-hydrogen) atoms. The average molecular weight is 577 g/mol. The lowest BCUT2D eigenvalue weighted by Crippen LogP contribution is -2.24. The smallest absolute Gasteiger partial charge is 0.490 e. The summed E-state index contributed by atoms with van der Waals surface area (Å²) >= 11 is 0. The fourth-order valence-electron chi connectivity index (χ4n) is 3.50. The summed E-state index contributed by atoms with van der Waals surface area (Å²) in [5.74, 6) is -1.14. The number of carbonyl (C=O) groups is 2. The summed E-state index contributed by atoms with van der Waals surface area (Å²) in [6.07, 6.45) is -4.98. The van der Waals surface area contributed by atoms with Crippen molar-refractivity contribution < 1.29 is 47.3 Å². The van der Waals surface area contributed by atoms with Gasteiger partial charge in [0.1, 0.15) is 29.6 Å². The van der Waals surface area contributed by atoms with E-state index in [1.165, 1.54) is 0 Å². The maximum Gasteiger partial charge on any atom is 0.490 e. The maximum absolute atomic E-state index is 12.7. The summed E-state index contributed by atoms with van der Waals surface area (Å²) in [5, 5.41) is 23.1. The Morgan fingerprint density at radius 1 is 1.07 bits per heavy atom. The number of benzene rings is 2. The molecule has 0 bridgehead atoms. The topological polar surface area (TPSA) is 152 Å². The van der Waals surface area contributed by atoms with E-state index >= 15 is 0 Å². The number of ether oxygens (including phenoxy) is 2. The number of alkyl halides is 3. The van der Waals surface area contributed by atoms with Gasteiger partial charge in [-0.1, -0.05) is 17.3 Å². The molecule has 1 aromatic heterocycles. The lowest BCUT2D eigenvalue weighted by Gasteiger charge is -2.11. The highest BCUT2D eigenvalue weighted by Gasteiger charge is 2.38. The van der Waals surface area contributed by atoms with E-state index in [0.717, 1.165) is 22.6 Å². The van der Waals surface area contributed by atoms with Crippen LogP contribution in [0.1, 0.15) is 45.7 Å². The van der Waals surface area contributed by atoms with Gasteiger partial charge in [-0.05, 0) is 60.5 Å². The Bertz CT molecular complexity index is 1360.